The number of hydrogen-bond acceptors (Lipinski definition) is 4. The second kappa shape index (κ2) is 4.93. The van der Waals surface area contributed by atoms with Crippen molar-refractivity contribution in [2.75, 3.05) is 5.32 Å². The molecule has 1 amide bonds. The standard InChI is InChI=1S/C11H10N4O2/c16-9-4-1-8(2-5-9)3-6-10(17)14-11-12-7-13-15-11/h1-7,16H,(H2,12,13,14,15,17). The zero-order chi connectivity index (χ0) is 12.1. The van der Waals surface area contributed by atoms with E-state index >= 15 is 0 Å². The second-order valence-electron chi connectivity index (χ2n) is 3.25. The molecule has 0 unspecified atom stereocenters. The molecule has 0 saturated carbocycles. The molecule has 6 heteroatoms. The van der Waals surface area contributed by atoms with Gasteiger partial charge in [0.15, 0.2) is 0 Å². The van der Waals surface area contributed by atoms with Crippen molar-refractivity contribution in [2.24, 2.45) is 0 Å². The van der Waals surface area contributed by atoms with Crippen molar-refractivity contribution < 1.29 is 9.90 Å². The number of amides is 1. The highest BCUT2D eigenvalue weighted by Crippen LogP contribution is 2.10. The summed E-state index contributed by atoms with van der Waals surface area (Å²) in [5, 5.41) is 17.7. The second-order valence-corrected chi connectivity index (χ2v) is 3.25. The predicted molar refractivity (Wildman–Crippen MR) is 62.2 cm³/mol. The SMILES string of the molecule is O=C(C=Cc1ccc(O)cc1)Nc1ncn[nH]1. The summed E-state index contributed by atoms with van der Waals surface area (Å²) in [4.78, 5) is 15.2. The largest absolute Gasteiger partial charge is 0.508 e. The fraction of sp³-hybridized carbons (Fsp3) is 0. The highest BCUT2D eigenvalue weighted by molar-refractivity contribution is 6.00. The van der Waals surface area contributed by atoms with Crippen LogP contribution >= 0.6 is 0 Å². The van der Waals surface area contributed by atoms with Crippen LogP contribution in [0.3, 0.4) is 0 Å². The van der Waals surface area contributed by atoms with Gasteiger partial charge in [-0.15, -0.1) is 0 Å². The van der Waals surface area contributed by atoms with Crippen molar-refractivity contribution in [2.45, 2.75) is 0 Å². The van der Waals surface area contributed by atoms with Gasteiger partial charge in [0.25, 0.3) is 5.91 Å². The Kier molecular flexibility index (Phi) is 3.15. The molecule has 0 saturated heterocycles. The molecule has 0 aliphatic carbocycles. The molecule has 0 bridgehead atoms. The van der Waals surface area contributed by atoms with Crippen molar-refractivity contribution in [3.8, 4) is 5.75 Å². The van der Waals surface area contributed by atoms with Crippen LogP contribution in [0.5, 0.6) is 5.75 Å². The van der Waals surface area contributed by atoms with Gasteiger partial charge in [0.1, 0.15) is 12.1 Å². The number of phenolic OH excluding ortho intramolecular Hbond substituents is 1. The van der Waals surface area contributed by atoms with Crippen LogP contribution in [0.4, 0.5) is 5.95 Å². The van der Waals surface area contributed by atoms with Crippen molar-refractivity contribution in [3.63, 3.8) is 0 Å². The Labute approximate surface area is 97.0 Å². The number of carbonyl (C=O) groups is 1. The zero-order valence-electron chi connectivity index (χ0n) is 8.79. The lowest BCUT2D eigenvalue weighted by molar-refractivity contribution is -0.111. The van der Waals surface area contributed by atoms with Gasteiger partial charge in [0.05, 0.1) is 0 Å². The Morgan fingerprint density at radius 2 is 2.12 bits per heavy atom. The van der Waals surface area contributed by atoms with Crippen molar-refractivity contribution in [1.82, 2.24) is 15.2 Å². The summed E-state index contributed by atoms with van der Waals surface area (Å²) in [5.74, 6) is 0.174. The minimum absolute atomic E-state index is 0.188. The van der Waals surface area contributed by atoms with Crippen molar-refractivity contribution in [3.05, 3.63) is 42.2 Å². The average molecular weight is 230 g/mol. The topological polar surface area (TPSA) is 90.9 Å². The lowest BCUT2D eigenvalue weighted by Crippen LogP contribution is -2.08. The smallest absolute Gasteiger partial charge is 0.250 e. The summed E-state index contributed by atoms with van der Waals surface area (Å²) in [5.41, 5.74) is 0.815. The number of H-pyrrole nitrogens is 1. The molecule has 0 fully saturated rings. The summed E-state index contributed by atoms with van der Waals surface area (Å²) in [6.45, 7) is 0. The zero-order valence-corrected chi connectivity index (χ0v) is 8.79. The third-order valence-corrected chi connectivity index (χ3v) is 1.98. The predicted octanol–water partition coefficient (Wildman–Crippen LogP) is 1.16. The van der Waals surface area contributed by atoms with E-state index in [1.807, 2.05) is 0 Å². The molecule has 3 N–H and O–H groups in total. The van der Waals surface area contributed by atoms with E-state index in [9.17, 15) is 4.79 Å². The first-order chi connectivity index (χ1) is 8.24. The van der Waals surface area contributed by atoms with Gasteiger partial charge in [-0.1, -0.05) is 12.1 Å². The fourth-order valence-corrected chi connectivity index (χ4v) is 1.18. The van der Waals surface area contributed by atoms with Gasteiger partial charge in [0, 0.05) is 6.08 Å². The van der Waals surface area contributed by atoms with Crippen LogP contribution in [0.2, 0.25) is 0 Å². The third-order valence-electron chi connectivity index (χ3n) is 1.98. The van der Waals surface area contributed by atoms with Crippen molar-refractivity contribution in [1.29, 1.82) is 0 Å². The number of anilines is 1. The van der Waals surface area contributed by atoms with Crippen molar-refractivity contribution >= 4 is 17.9 Å². The molecule has 6 nitrogen and oxygen atoms in total. The monoisotopic (exact) mass is 230 g/mol. The maximum atomic E-state index is 11.4. The van der Waals surface area contributed by atoms with E-state index < -0.39 is 0 Å². The molecule has 86 valence electrons. The number of phenols is 1. The van der Waals surface area contributed by atoms with E-state index in [-0.39, 0.29) is 11.7 Å². The van der Waals surface area contributed by atoms with Gasteiger partial charge >= 0.3 is 0 Å². The Hall–Kier alpha value is -2.63. The Morgan fingerprint density at radius 3 is 2.76 bits per heavy atom. The molecular weight excluding hydrogens is 220 g/mol. The first kappa shape index (κ1) is 10.9. The minimum Gasteiger partial charge on any atom is -0.508 e. The van der Waals surface area contributed by atoms with E-state index in [0.717, 1.165) is 5.56 Å². The van der Waals surface area contributed by atoms with Gasteiger partial charge in [-0.2, -0.15) is 10.1 Å². The van der Waals surface area contributed by atoms with Gasteiger partial charge < -0.3 is 5.11 Å². The molecule has 0 radical (unpaired) electrons. The Bertz CT molecular complexity index is 517. The molecule has 17 heavy (non-hydrogen) atoms. The average Bonchev–Trinajstić information content (AvgIpc) is 2.81. The van der Waals surface area contributed by atoms with Crippen LogP contribution in [0, 0.1) is 0 Å². The molecule has 2 rings (SSSR count). The number of nitrogens with zero attached hydrogens (tertiary/aromatic N) is 2. The first-order valence-electron chi connectivity index (χ1n) is 4.87. The number of nitrogens with one attached hydrogen (secondary N) is 2. The number of aromatic hydroxyl groups is 1. The lowest BCUT2D eigenvalue weighted by atomic mass is 10.2. The van der Waals surface area contributed by atoms with Crippen LogP contribution in [0.15, 0.2) is 36.7 Å². The molecule has 1 aromatic carbocycles. The quantitative estimate of drug-likeness (QED) is 0.690. The molecular formula is C11H10N4O2. The van der Waals surface area contributed by atoms with Gasteiger partial charge in [-0.3, -0.25) is 10.1 Å². The van der Waals surface area contributed by atoms with Gasteiger partial charge in [-0.05, 0) is 23.8 Å². The summed E-state index contributed by atoms with van der Waals surface area (Å²) in [6, 6.07) is 6.50. The van der Waals surface area contributed by atoms with E-state index in [4.69, 9.17) is 5.11 Å². The van der Waals surface area contributed by atoms with E-state index in [2.05, 4.69) is 20.5 Å². The van der Waals surface area contributed by atoms with Crippen LogP contribution in [-0.4, -0.2) is 26.2 Å². The molecule has 1 aromatic heterocycles. The minimum atomic E-state index is -0.310. The summed E-state index contributed by atoms with van der Waals surface area (Å²) in [6.07, 6.45) is 4.30. The number of hydrogen-bond donors (Lipinski definition) is 3. The molecule has 1 heterocycles. The maximum absolute atomic E-state index is 11.4. The van der Waals surface area contributed by atoms with Crippen LogP contribution in [0.1, 0.15) is 5.56 Å². The summed E-state index contributed by atoms with van der Waals surface area (Å²) >= 11 is 0. The molecule has 0 aliphatic heterocycles. The van der Waals surface area contributed by atoms with E-state index in [0.29, 0.717) is 5.95 Å². The molecule has 0 spiro atoms. The van der Waals surface area contributed by atoms with E-state index in [1.165, 1.54) is 12.4 Å². The van der Waals surface area contributed by atoms with Crippen LogP contribution < -0.4 is 5.32 Å². The number of rotatable bonds is 3. The van der Waals surface area contributed by atoms with Gasteiger partial charge in [-0.25, -0.2) is 5.10 Å². The number of benzene rings is 1. The van der Waals surface area contributed by atoms with Gasteiger partial charge in [0.2, 0.25) is 5.95 Å². The Balaban J connectivity index is 1.96. The molecule has 0 atom stereocenters. The third kappa shape index (κ3) is 3.16. The number of aromatic nitrogens is 3. The fourth-order valence-electron chi connectivity index (χ4n) is 1.18. The number of aromatic amines is 1. The normalized spacial score (nSPS) is 10.6. The number of carbonyl (C=O) groups excluding carboxylic acids is 1. The maximum Gasteiger partial charge on any atom is 0.250 e. The summed E-state index contributed by atoms with van der Waals surface area (Å²) in [7, 11) is 0. The highest BCUT2D eigenvalue weighted by Gasteiger charge is 1.99. The van der Waals surface area contributed by atoms with Crippen LogP contribution in [0.25, 0.3) is 6.08 Å². The summed E-state index contributed by atoms with van der Waals surface area (Å²) < 4.78 is 0. The highest BCUT2D eigenvalue weighted by atomic mass is 16.3. The Morgan fingerprint density at radius 1 is 1.35 bits per heavy atom. The van der Waals surface area contributed by atoms with E-state index in [1.54, 1.807) is 30.3 Å². The molecule has 0 aliphatic rings. The first-order valence-corrected chi connectivity index (χ1v) is 4.87. The lowest BCUT2D eigenvalue weighted by Gasteiger charge is -1.96. The molecule has 2 aromatic rings. The van der Waals surface area contributed by atoms with Crippen LogP contribution in [-0.2, 0) is 4.79 Å².